The predicted molar refractivity (Wildman–Crippen MR) is 111 cm³/mol. The maximum Gasteiger partial charge on any atom is 0.144 e. The van der Waals surface area contributed by atoms with Crippen LogP contribution in [-0.4, -0.2) is 50.5 Å². The van der Waals surface area contributed by atoms with E-state index in [4.69, 9.17) is 9.47 Å². The summed E-state index contributed by atoms with van der Waals surface area (Å²) in [6, 6.07) is 3.48. The second-order valence-corrected chi connectivity index (χ2v) is 13.9. The fraction of sp³-hybridized carbons (Fsp3) is 0.600. The predicted octanol–water partition coefficient (Wildman–Crippen LogP) is 3.62. The summed E-state index contributed by atoms with van der Waals surface area (Å²) in [5.41, 5.74) is 3.75. The second-order valence-electron chi connectivity index (χ2n) is 8.26. The van der Waals surface area contributed by atoms with Crippen molar-refractivity contribution in [1.82, 2.24) is 9.55 Å². The van der Waals surface area contributed by atoms with Gasteiger partial charge < -0.3 is 18.9 Å². The van der Waals surface area contributed by atoms with E-state index in [1.165, 1.54) is 5.56 Å². The molecule has 1 aliphatic heterocycles. The van der Waals surface area contributed by atoms with E-state index in [1.807, 2.05) is 0 Å². The van der Waals surface area contributed by atoms with E-state index in [1.54, 1.807) is 6.20 Å². The maximum atomic E-state index is 9.65. The van der Waals surface area contributed by atoms with Gasteiger partial charge in [0.2, 0.25) is 0 Å². The Hall–Kier alpha value is -1.88. The Balaban J connectivity index is 1.94. The van der Waals surface area contributed by atoms with Crippen LogP contribution in [0.3, 0.4) is 0 Å². The molecule has 3 rings (SSSR count). The quantitative estimate of drug-likeness (QED) is 0.537. The third-order valence-corrected chi connectivity index (χ3v) is 6.70. The number of fused-ring (bicyclic) bond motifs is 1. The van der Waals surface area contributed by atoms with E-state index < -0.39 is 8.07 Å². The van der Waals surface area contributed by atoms with Crippen LogP contribution in [0.5, 0.6) is 0 Å². The lowest BCUT2D eigenvalue weighted by molar-refractivity contribution is 0.0898. The molecule has 0 bridgehead atoms. The van der Waals surface area contributed by atoms with Crippen LogP contribution in [0, 0.1) is 11.3 Å². The Morgan fingerprint density at radius 3 is 2.67 bits per heavy atom. The van der Waals surface area contributed by atoms with Crippen molar-refractivity contribution in [2.24, 2.45) is 0 Å². The summed E-state index contributed by atoms with van der Waals surface area (Å²) in [5, 5.41) is 10.7. The molecule has 0 radical (unpaired) electrons. The van der Waals surface area contributed by atoms with Gasteiger partial charge >= 0.3 is 0 Å². The molecule has 3 heterocycles. The van der Waals surface area contributed by atoms with Gasteiger partial charge in [0, 0.05) is 45.6 Å². The molecule has 0 aliphatic carbocycles. The third-order valence-electron chi connectivity index (χ3n) is 4.99. The summed E-state index contributed by atoms with van der Waals surface area (Å²) in [5.74, 6) is 0. The summed E-state index contributed by atoms with van der Waals surface area (Å²) in [4.78, 5) is 6.88. The van der Waals surface area contributed by atoms with Crippen LogP contribution in [0.1, 0.15) is 18.1 Å². The van der Waals surface area contributed by atoms with Crippen molar-refractivity contribution < 1.29 is 9.47 Å². The van der Waals surface area contributed by atoms with Crippen LogP contribution in [-0.2, 0) is 22.6 Å². The number of anilines is 1. The lowest BCUT2D eigenvalue weighted by Crippen LogP contribution is -2.36. The number of rotatable bonds is 7. The Morgan fingerprint density at radius 2 is 2.04 bits per heavy atom. The molecule has 0 spiro atoms. The van der Waals surface area contributed by atoms with E-state index in [0.29, 0.717) is 25.5 Å². The number of aromatic nitrogens is 2. The summed E-state index contributed by atoms with van der Waals surface area (Å²) in [7, 11) is -1.10. The van der Waals surface area contributed by atoms with Crippen LogP contribution in [0.2, 0.25) is 25.7 Å². The minimum atomic E-state index is -1.10. The minimum absolute atomic E-state index is 0.502. The lowest BCUT2D eigenvalue weighted by Gasteiger charge is -2.30. The molecule has 2 aromatic rings. The van der Waals surface area contributed by atoms with E-state index >= 15 is 0 Å². The van der Waals surface area contributed by atoms with Gasteiger partial charge in [-0.15, -0.1) is 0 Å². The first-order chi connectivity index (χ1) is 12.9. The third kappa shape index (κ3) is 4.51. The number of pyridine rings is 1. The average Bonchev–Trinajstić information content (AvgIpc) is 3.02. The normalized spacial score (nSPS) is 15.3. The zero-order chi connectivity index (χ0) is 19.4. The van der Waals surface area contributed by atoms with Gasteiger partial charge in [0.05, 0.1) is 24.5 Å². The topological polar surface area (TPSA) is 63.3 Å². The van der Waals surface area contributed by atoms with Gasteiger partial charge in [-0.25, -0.2) is 4.98 Å². The molecule has 2 aromatic heterocycles. The molecule has 7 heteroatoms. The molecule has 0 N–H and O–H groups in total. The van der Waals surface area contributed by atoms with Crippen molar-refractivity contribution in [2.45, 2.75) is 45.8 Å². The molecule has 1 fully saturated rings. The number of hydrogen-bond donors (Lipinski definition) is 0. The van der Waals surface area contributed by atoms with Crippen molar-refractivity contribution in [2.75, 3.05) is 37.8 Å². The van der Waals surface area contributed by atoms with Crippen LogP contribution in [0.4, 0.5) is 5.69 Å². The summed E-state index contributed by atoms with van der Waals surface area (Å²) in [6.07, 6.45) is 4.73. The van der Waals surface area contributed by atoms with Crippen LogP contribution in [0.15, 0.2) is 12.4 Å². The molecular weight excluding hydrogens is 356 g/mol. The number of nitrogens with zero attached hydrogens (tertiary/aromatic N) is 4. The van der Waals surface area contributed by atoms with Crippen LogP contribution < -0.4 is 4.90 Å². The van der Waals surface area contributed by atoms with Gasteiger partial charge in [0.25, 0.3) is 0 Å². The Kier molecular flexibility index (Phi) is 6.20. The largest absolute Gasteiger partial charge is 0.378 e. The van der Waals surface area contributed by atoms with Gasteiger partial charge in [0.15, 0.2) is 0 Å². The smallest absolute Gasteiger partial charge is 0.144 e. The van der Waals surface area contributed by atoms with Gasteiger partial charge in [-0.3, -0.25) is 0 Å². The second kappa shape index (κ2) is 8.42. The monoisotopic (exact) mass is 386 g/mol. The zero-order valence-corrected chi connectivity index (χ0v) is 17.9. The van der Waals surface area contributed by atoms with Gasteiger partial charge in [-0.1, -0.05) is 26.6 Å². The molecule has 0 unspecified atom stereocenters. The molecule has 6 nitrogen and oxygen atoms in total. The standard InChI is InChI=1S/C20H30N4O2Si/c1-5-16-14-24(15-26-10-11-27(2,3)4)20-18(16)19(17(12-21)13-22-20)23-6-8-25-9-7-23/h13-14H,5-11,15H2,1-4H3. The summed E-state index contributed by atoms with van der Waals surface area (Å²) < 4.78 is 13.5. The van der Waals surface area contributed by atoms with Crippen molar-refractivity contribution in [3.05, 3.63) is 23.5 Å². The van der Waals surface area contributed by atoms with Crippen molar-refractivity contribution >= 4 is 24.8 Å². The maximum absolute atomic E-state index is 9.65. The van der Waals surface area contributed by atoms with Crippen molar-refractivity contribution in [3.8, 4) is 6.07 Å². The average molecular weight is 387 g/mol. The van der Waals surface area contributed by atoms with E-state index in [0.717, 1.165) is 48.9 Å². The Morgan fingerprint density at radius 1 is 1.30 bits per heavy atom. The highest BCUT2D eigenvalue weighted by Crippen LogP contribution is 2.34. The van der Waals surface area contributed by atoms with Crippen LogP contribution >= 0.6 is 0 Å². The Labute approximate surface area is 162 Å². The number of nitriles is 1. The number of hydrogen-bond acceptors (Lipinski definition) is 5. The SMILES string of the molecule is CCc1cn(COCC[Si](C)(C)C)c2ncc(C#N)c(N3CCOCC3)c12. The Bertz CT molecular complexity index is 829. The van der Waals surface area contributed by atoms with Crippen LogP contribution in [0.25, 0.3) is 11.0 Å². The number of aryl methyl sites for hydroxylation is 1. The first kappa shape index (κ1) is 19.9. The molecule has 146 valence electrons. The molecule has 27 heavy (non-hydrogen) atoms. The molecular formula is C20H30N4O2Si. The van der Waals surface area contributed by atoms with Crippen molar-refractivity contribution in [3.63, 3.8) is 0 Å². The number of morpholine rings is 1. The zero-order valence-electron chi connectivity index (χ0n) is 16.9. The van der Waals surface area contributed by atoms with Gasteiger partial charge in [-0.2, -0.15) is 5.26 Å². The molecule has 0 aromatic carbocycles. The lowest BCUT2D eigenvalue weighted by atomic mass is 10.1. The molecule has 1 aliphatic rings. The van der Waals surface area contributed by atoms with E-state index in [2.05, 4.69) is 53.3 Å². The molecule has 0 atom stereocenters. The highest BCUT2D eigenvalue weighted by Gasteiger charge is 2.22. The number of ether oxygens (including phenoxy) is 2. The van der Waals surface area contributed by atoms with E-state index in [9.17, 15) is 5.26 Å². The highest BCUT2D eigenvalue weighted by atomic mass is 28.3. The summed E-state index contributed by atoms with van der Waals surface area (Å²) >= 11 is 0. The van der Waals surface area contributed by atoms with Gasteiger partial charge in [-0.05, 0) is 18.0 Å². The fourth-order valence-corrected chi connectivity index (χ4v) is 4.18. The minimum Gasteiger partial charge on any atom is -0.378 e. The molecule has 1 saturated heterocycles. The molecule has 0 amide bonds. The van der Waals surface area contributed by atoms with Crippen molar-refractivity contribution in [1.29, 1.82) is 5.26 Å². The fourth-order valence-electron chi connectivity index (χ4n) is 3.42. The highest BCUT2D eigenvalue weighted by molar-refractivity contribution is 6.76. The summed E-state index contributed by atoms with van der Waals surface area (Å²) in [6.45, 7) is 13.5. The first-order valence-electron chi connectivity index (χ1n) is 9.76. The van der Waals surface area contributed by atoms with Gasteiger partial charge in [0.1, 0.15) is 18.4 Å². The van der Waals surface area contributed by atoms with E-state index in [-0.39, 0.29) is 0 Å². The first-order valence-corrected chi connectivity index (χ1v) is 13.5. The molecule has 0 saturated carbocycles.